The van der Waals surface area contributed by atoms with Crippen molar-refractivity contribution in [1.29, 1.82) is 0 Å². The second kappa shape index (κ2) is 6.42. The number of aromatic hydroxyl groups is 1. The van der Waals surface area contributed by atoms with Crippen LogP contribution in [0.1, 0.15) is 18.1 Å². The first-order valence-electron chi connectivity index (χ1n) is 7.98. The molecule has 2 aromatic heterocycles. The number of aromatic amines is 1. The van der Waals surface area contributed by atoms with E-state index in [4.69, 9.17) is 0 Å². The number of pyridine rings is 2. The molecule has 3 heterocycles. The summed E-state index contributed by atoms with van der Waals surface area (Å²) in [7, 11) is 0. The lowest BCUT2D eigenvalue weighted by atomic mass is 10.0. The molecule has 0 atom stereocenters. The van der Waals surface area contributed by atoms with Gasteiger partial charge in [0.05, 0.1) is 28.8 Å². The number of piperazine rings is 1. The number of anilines is 1. The zero-order valence-corrected chi connectivity index (χ0v) is 13.5. The first-order valence-corrected chi connectivity index (χ1v) is 7.98. The van der Waals surface area contributed by atoms with Gasteiger partial charge < -0.3 is 20.3 Å². The third kappa shape index (κ3) is 2.94. The molecule has 0 aromatic carbocycles. The summed E-state index contributed by atoms with van der Waals surface area (Å²) in [6.45, 7) is 7.44. The van der Waals surface area contributed by atoms with E-state index in [9.17, 15) is 9.90 Å². The molecule has 0 radical (unpaired) electrons. The molecule has 1 aliphatic rings. The minimum atomic E-state index is -0.275. The summed E-state index contributed by atoms with van der Waals surface area (Å²) in [6, 6.07) is 3.92. The molecule has 3 rings (SSSR count). The Balaban J connectivity index is 1.97. The van der Waals surface area contributed by atoms with Crippen molar-refractivity contribution in [3.8, 4) is 17.1 Å². The second-order valence-electron chi connectivity index (χ2n) is 5.77. The summed E-state index contributed by atoms with van der Waals surface area (Å²) in [5.74, 6) is 0.0687. The molecular weight excluding hydrogens is 292 g/mol. The van der Waals surface area contributed by atoms with E-state index in [0.717, 1.165) is 37.4 Å². The van der Waals surface area contributed by atoms with Gasteiger partial charge in [-0.15, -0.1) is 0 Å². The van der Waals surface area contributed by atoms with Crippen LogP contribution < -0.4 is 15.8 Å². The predicted molar refractivity (Wildman–Crippen MR) is 91.2 cm³/mol. The van der Waals surface area contributed by atoms with E-state index in [-0.39, 0.29) is 11.3 Å². The Kier molecular flexibility index (Phi) is 4.34. The van der Waals surface area contributed by atoms with Crippen molar-refractivity contribution in [2.24, 2.45) is 0 Å². The maximum absolute atomic E-state index is 12.0. The smallest absolute Gasteiger partial charge is 0.255 e. The average molecular weight is 314 g/mol. The summed E-state index contributed by atoms with van der Waals surface area (Å²) in [4.78, 5) is 21.6. The Morgan fingerprint density at radius 2 is 2.04 bits per heavy atom. The predicted octanol–water partition coefficient (Wildman–Crippen LogP) is 1.42. The quantitative estimate of drug-likeness (QED) is 0.798. The minimum absolute atomic E-state index is 0.0687. The number of rotatable bonds is 3. The van der Waals surface area contributed by atoms with Crippen molar-refractivity contribution in [3.63, 3.8) is 0 Å². The molecular formula is C17H22N4O2. The zero-order chi connectivity index (χ0) is 16.4. The summed E-state index contributed by atoms with van der Waals surface area (Å²) in [5.41, 5.74) is 3.16. The maximum Gasteiger partial charge on any atom is 0.255 e. The molecule has 0 unspecified atom stereocenters. The van der Waals surface area contributed by atoms with Crippen LogP contribution in [0, 0.1) is 6.92 Å². The van der Waals surface area contributed by atoms with Gasteiger partial charge in [-0.2, -0.15) is 0 Å². The highest BCUT2D eigenvalue weighted by molar-refractivity contribution is 5.65. The van der Waals surface area contributed by atoms with Crippen LogP contribution in [0.15, 0.2) is 23.1 Å². The third-order valence-electron chi connectivity index (χ3n) is 4.36. The van der Waals surface area contributed by atoms with Crippen molar-refractivity contribution < 1.29 is 5.11 Å². The molecule has 2 aromatic rings. The van der Waals surface area contributed by atoms with Gasteiger partial charge in [-0.05, 0) is 25.5 Å². The molecule has 0 bridgehead atoms. The molecule has 1 aliphatic heterocycles. The van der Waals surface area contributed by atoms with E-state index in [0.29, 0.717) is 23.4 Å². The molecule has 0 amide bonds. The van der Waals surface area contributed by atoms with Crippen molar-refractivity contribution in [1.82, 2.24) is 15.3 Å². The van der Waals surface area contributed by atoms with Gasteiger partial charge in [0, 0.05) is 31.7 Å². The molecule has 23 heavy (non-hydrogen) atoms. The van der Waals surface area contributed by atoms with Crippen LogP contribution in [0.25, 0.3) is 11.4 Å². The Morgan fingerprint density at radius 3 is 2.65 bits per heavy atom. The van der Waals surface area contributed by atoms with Crippen molar-refractivity contribution in [2.75, 3.05) is 31.1 Å². The Morgan fingerprint density at radius 1 is 1.30 bits per heavy atom. The van der Waals surface area contributed by atoms with E-state index < -0.39 is 0 Å². The minimum Gasteiger partial charge on any atom is -0.507 e. The molecule has 3 N–H and O–H groups in total. The maximum atomic E-state index is 12.0. The molecule has 6 nitrogen and oxygen atoms in total. The number of hydrogen-bond acceptors (Lipinski definition) is 5. The first kappa shape index (κ1) is 15.6. The zero-order valence-electron chi connectivity index (χ0n) is 13.5. The highest BCUT2D eigenvalue weighted by Crippen LogP contribution is 2.29. The van der Waals surface area contributed by atoms with E-state index in [1.54, 1.807) is 6.92 Å². The van der Waals surface area contributed by atoms with Crippen LogP contribution in [-0.2, 0) is 6.42 Å². The third-order valence-corrected chi connectivity index (χ3v) is 4.36. The van der Waals surface area contributed by atoms with Gasteiger partial charge in [0.15, 0.2) is 0 Å². The standard InChI is InChI=1S/C17H22N4O2/c1-3-13-15(20-17(23)11(2)16(13)22)14-5-4-12(10-19-14)21-8-6-18-7-9-21/h4-5,10,18H,3,6-9H2,1-2H3,(H2,20,22,23). The lowest BCUT2D eigenvalue weighted by Gasteiger charge is -2.29. The van der Waals surface area contributed by atoms with Gasteiger partial charge in [-0.3, -0.25) is 9.78 Å². The van der Waals surface area contributed by atoms with Gasteiger partial charge in [0.1, 0.15) is 5.75 Å². The number of hydrogen-bond donors (Lipinski definition) is 3. The number of nitrogens with one attached hydrogen (secondary N) is 2. The van der Waals surface area contributed by atoms with Gasteiger partial charge in [0.25, 0.3) is 5.56 Å². The van der Waals surface area contributed by atoms with Crippen LogP contribution in [0.4, 0.5) is 5.69 Å². The molecule has 1 saturated heterocycles. The number of aromatic nitrogens is 2. The van der Waals surface area contributed by atoms with Gasteiger partial charge in [-0.1, -0.05) is 6.92 Å². The SMILES string of the molecule is CCc1c(-c2ccc(N3CCNCC3)cn2)[nH]c(=O)c(C)c1O. The Hall–Kier alpha value is -2.34. The fraction of sp³-hybridized carbons (Fsp3) is 0.412. The number of nitrogens with zero attached hydrogens (tertiary/aromatic N) is 2. The monoisotopic (exact) mass is 314 g/mol. The van der Waals surface area contributed by atoms with Crippen LogP contribution in [0.2, 0.25) is 0 Å². The molecule has 122 valence electrons. The highest BCUT2D eigenvalue weighted by atomic mass is 16.3. The van der Waals surface area contributed by atoms with Crippen LogP contribution in [0.3, 0.4) is 0 Å². The van der Waals surface area contributed by atoms with E-state index in [2.05, 4.69) is 20.2 Å². The van der Waals surface area contributed by atoms with Crippen molar-refractivity contribution in [2.45, 2.75) is 20.3 Å². The highest BCUT2D eigenvalue weighted by Gasteiger charge is 2.16. The van der Waals surface area contributed by atoms with Gasteiger partial charge in [0.2, 0.25) is 0 Å². The fourth-order valence-electron chi connectivity index (χ4n) is 2.94. The lowest BCUT2D eigenvalue weighted by Crippen LogP contribution is -2.43. The van der Waals surface area contributed by atoms with Crippen molar-refractivity contribution in [3.05, 3.63) is 39.8 Å². The largest absolute Gasteiger partial charge is 0.507 e. The Bertz CT molecular complexity index is 746. The van der Waals surface area contributed by atoms with Gasteiger partial charge >= 0.3 is 0 Å². The molecule has 0 saturated carbocycles. The summed E-state index contributed by atoms with van der Waals surface area (Å²) >= 11 is 0. The fourth-order valence-corrected chi connectivity index (χ4v) is 2.94. The first-order chi connectivity index (χ1) is 11.1. The van der Waals surface area contributed by atoms with Crippen LogP contribution >= 0.6 is 0 Å². The Labute approximate surface area is 135 Å². The van der Waals surface area contributed by atoms with Crippen LogP contribution in [-0.4, -0.2) is 41.3 Å². The normalized spacial score (nSPS) is 15.0. The second-order valence-corrected chi connectivity index (χ2v) is 5.77. The van der Waals surface area contributed by atoms with E-state index in [1.807, 2.05) is 25.3 Å². The van der Waals surface area contributed by atoms with Crippen LogP contribution in [0.5, 0.6) is 5.75 Å². The average Bonchev–Trinajstić information content (AvgIpc) is 2.60. The van der Waals surface area contributed by atoms with E-state index in [1.165, 1.54) is 0 Å². The van der Waals surface area contributed by atoms with E-state index >= 15 is 0 Å². The molecule has 0 aliphatic carbocycles. The summed E-state index contributed by atoms with van der Waals surface area (Å²) < 4.78 is 0. The molecule has 6 heteroatoms. The summed E-state index contributed by atoms with van der Waals surface area (Å²) in [6.07, 6.45) is 2.45. The number of H-pyrrole nitrogens is 1. The summed E-state index contributed by atoms with van der Waals surface area (Å²) in [5, 5.41) is 13.5. The van der Waals surface area contributed by atoms with Gasteiger partial charge in [-0.25, -0.2) is 0 Å². The lowest BCUT2D eigenvalue weighted by molar-refractivity contribution is 0.463. The molecule has 0 spiro atoms. The molecule has 1 fully saturated rings. The van der Waals surface area contributed by atoms with Crippen molar-refractivity contribution >= 4 is 5.69 Å². The topological polar surface area (TPSA) is 81.2 Å².